The van der Waals surface area contributed by atoms with Crippen molar-refractivity contribution in [1.82, 2.24) is 10.3 Å². The van der Waals surface area contributed by atoms with E-state index in [1.54, 1.807) is 0 Å². The van der Waals surface area contributed by atoms with E-state index in [1.807, 2.05) is 12.4 Å². The summed E-state index contributed by atoms with van der Waals surface area (Å²) >= 11 is 0. The van der Waals surface area contributed by atoms with Crippen LogP contribution in [0.4, 0.5) is 0 Å². The monoisotopic (exact) mass is 232 g/mol. The summed E-state index contributed by atoms with van der Waals surface area (Å²) in [7, 11) is 2.07. The van der Waals surface area contributed by atoms with Crippen LogP contribution in [0.3, 0.4) is 0 Å². The molecular weight excluding hydrogens is 208 g/mol. The Balaban J connectivity index is 2.00. The minimum Gasteiger partial charge on any atom is -0.313 e. The molecule has 1 aromatic rings. The van der Waals surface area contributed by atoms with Crippen LogP contribution in [0.1, 0.15) is 55.7 Å². The molecule has 1 N–H and O–H groups in total. The normalized spacial score (nSPS) is 19.2. The van der Waals surface area contributed by atoms with E-state index in [1.165, 1.54) is 49.7 Å². The molecule has 1 aliphatic rings. The fraction of sp³-hybridized carbons (Fsp3) is 0.667. The zero-order valence-electron chi connectivity index (χ0n) is 11.1. The molecule has 1 unspecified atom stereocenters. The van der Waals surface area contributed by atoms with Crippen LogP contribution in [-0.2, 0) is 0 Å². The van der Waals surface area contributed by atoms with Crippen LogP contribution in [0.5, 0.6) is 0 Å². The fourth-order valence-electron chi connectivity index (χ4n) is 2.95. The van der Waals surface area contributed by atoms with Crippen LogP contribution in [0.25, 0.3) is 0 Å². The number of rotatable bonds is 4. The molecule has 0 saturated heterocycles. The molecule has 0 bridgehead atoms. The maximum absolute atomic E-state index is 4.31. The van der Waals surface area contributed by atoms with Gasteiger partial charge >= 0.3 is 0 Å². The number of hydrogen-bond acceptors (Lipinski definition) is 2. The molecule has 94 valence electrons. The van der Waals surface area contributed by atoms with E-state index in [2.05, 4.69) is 30.3 Å². The molecule has 1 atom stereocenters. The zero-order chi connectivity index (χ0) is 12.1. The van der Waals surface area contributed by atoms with Gasteiger partial charge in [-0.05, 0) is 37.4 Å². The molecule has 17 heavy (non-hydrogen) atoms. The zero-order valence-corrected chi connectivity index (χ0v) is 11.1. The van der Waals surface area contributed by atoms with E-state index in [0.29, 0.717) is 6.04 Å². The Morgan fingerprint density at radius 2 is 2.06 bits per heavy atom. The Bertz CT molecular complexity index is 343. The maximum atomic E-state index is 4.31. The topological polar surface area (TPSA) is 24.9 Å². The van der Waals surface area contributed by atoms with E-state index in [0.717, 1.165) is 5.92 Å². The Morgan fingerprint density at radius 1 is 1.29 bits per heavy atom. The minimum atomic E-state index is 0.477. The lowest BCUT2D eigenvalue weighted by Crippen LogP contribution is -2.21. The first kappa shape index (κ1) is 12.6. The van der Waals surface area contributed by atoms with E-state index in [9.17, 15) is 0 Å². The summed E-state index contributed by atoms with van der Waals surface area (Å²) in [5, 5.41) is 3.45. The molecule has 0 amide bonds. The Labute approximate surface area is 105 Å². The number of hydrogen-bond donors (Lipinski definition) is 1. The molecule has 2 rings (SSSR count). The lowest BCUT2D eigenvalue weighted by molar-refractivity contribution is 0.305. The SMILES string of the molecule is CNC(CC1CCCCC1)c1cncc(C)c1. The summed E-state index contributed by atoms with van der Waals surface area (Å²) in [5.74, 6) is 0.904. The highest BCUT2D eigenvalue weighted by Crippen LogP contribution is 2.31. The third-order valence-electron chi connectivity index (χ3n) is 3.94. The molecule has 1 heterocycles. The molecule has 1 fully saturated rings. The van der Waals surface area contributed by atoms with Gasteiger partial charge in [0.2, 0.25) is 0 Å². The average Bonchev–Trinajstić information content (AvgIpc) is 2.37. The average molecular weight is 232 g/mol. The predicted octanol–water partition coefficient (Wildman–Crippen LogP) is 3.62. The van der Waals surface area contributed by atoms with Gasteiger partial charge in [-0.3, -0.25) is 4.98 Å². The summed E-state index contributed by atoms with van der Waals surface area (Å²) in [4.78, 5) is 4.31. The molecule has 0 radical (unpaired) electrons. The first-order valence-corrected chi connectivity index (χ1v) is 6.88. The van der Waals surface area contributed by atoms with E-state index in [-0.39, 0.29) is 0 Å². The summed E-state index contributed by atoms with van der Waals surface area (Å²) in [5.41, 5.74) is 2.60. The highest BCUT2D eigenvalue weighted by molar-refractivity contribution is 5.20. The van der Waals surface area contributed by atoms with Crippen molar-refractivity contribution in [1.29, 1.82) is 0 Å². The van der Waals surface area contributed by atoms with Crippen LogP contribution >= 0.6 is 0 Å². The van der Waals surface area contributed by atoms with Crippen molar-refractivity contribution in [3.05, 3.63) is 29.6 Å². The van der Waals surface area contributed by atoms with Gasteiger partial charge in [0.05, 0.1) is 0 Å². The Hall–Kier alpha value is -0.890. The first-order chi connectivity index (χ1) is 8.29. The van der Waals surface area contributed by atoms with Crippen molar-refractivity contribution in [2.24, 2.45) is 5.92 Å². The van der Waals surface area contributed by atoms with Gasteiger partial charge in [0, 0.05) is 18.4 Å². The molecule has 1 saturated carbocycles. The van der Waals surface area contributed by atoms with Crippen LogP contribution < -0.4 is 5.32 Å². The van der Waals surface area contributed by atoms with Crippen LogP contribution in [-0.4, -0.2) is 12.0 Å². The van der Waals surface area contributed by atoms with Gasteiger partial charge in [-0.1, -0.05) is 38.2 Å². The Kier molecular flexibility index (Phi) is 4.55. The van der Waals surface area contributed by atoms with Gasteiger partial charge in [-0.2, -0.15) is 0 Å². The van der Waals surface area contributed by atoms with Gasteiger partial charge < -0.3 is 5.32 Å². The van der Waals surface area contributed by atoms with Crippen molar-refractivity contribution >= 4 is 0 Å². The first-order valence-electron chi connectivity index (χ1n) is 6.88. The van der Waals surface area contributed by atoms with Gasteiger partial charge in [-0.25, -0.2) is 0 Å². The second kappa shape index (κ2) is 6.15. The molecule has 0 spiro atoms. The molecule has 0 aliphatic heterocycles. The third kappa shape index (κ3) is 3.53. The highest BCUT2D eigenvalue weighted by atomic mass is 14.9. The standard InChI is InChI=1S/C15H24N2/c1-12-8-14(11-17-10-12)15(16-2)9-13-6-4-3-5-7-13/h8,10-11,13,15-16H,3-7,9H2,1-2H3. The number of nitrogens with zero attached hydrogens (tertiary/aromatic N) is 1. The quantitative estimate of drug-likeness (QED) is 0.857. The Morgan fingerprint density at radius 3 is 2.71 bits per heavy atom. The third-order valence-corrected chi connectivity index (χ3v) is 3.94. The van der Waals surface area contributed by atoms with Crippen molar-refractivity contribution in [3.8, 4) is 0 Å². The fourth-order valence-corrected chi connectivity index (χ4v) is 2.95. The smallest absolute Gasteiger partial charge is 0.0335 e. The summed E-state index contributed by atoms with van der Waals surface area (Å²) < 4.78 is 0. The molecule has 2 heteroatoms. The molecule has 1 aromatic heterocycles. The second-order valence-electron chi connectivity index (χ2n) is 5.38. The molecule has 2 nitrogen and oxygen atoms in total. The number of aromatic nitrogens is 1. The minimum absolute atomic E-state index is 0.477. The number of aryl methyl sites for hydroxylation is 1. The molecule has 1 aliphatic carbocycles. The van der Waals surface area contributed by atoms with E-state index >= 15 is 0 Å². The van der Waals surface area contributed by atoms with Crippen LogP contribution in [0, 0.1) is 12.8 Å². The second-order valence-corrected chi connectivity index (χ2v) is 5.38. The van der Waals surface area contributed by atoms with E-state index < -0.39 is 0 Å². The van der Waals surface area contributed by atoms with Crippen molar-refractivity contribution in [2.75, 3.05) is 7.05 Å². The van der Waals surface area contributed by atoms with Gasteiger partial charge in [0.25, 0.3) is 0 Å². The summed E-state index contributed by atoms with van der Waals surface area (Å²) in [6.07, 6.45) is 12.3. The lowest BCUT2D eigenvalue weighted by atomic mass is 9.83. The van der Waals surface area contributed by atoms with Crippen molar-refractivity contribution in [2.45, 2.75) is 51.5 Å². The highest BCUT2D eigenvalue weighted by Gasteiger charge is 2.19. The largest absolute Gasteiger partial charge is 0.313 e. The van der Waals surface area contributed by atoms with Gasteiger partial charge in [-0.15, -0.1) is 0 Å². The summed E-state index contributed by atoms with van der Waals surface area (Å²) in [6.45, 7) is 2.11. The van der Waals surface area contributed by atoms with Crippen molar-refractivity contribution < 1.29 is 0 Å². The van der Waals surface area contributed by atoms with Crippen LogP contribution in [0.15, 0.2) is 18.5 Å². The van der Waals surface area contributed by atoms with E-state index in [4.69, 9.17) is 0 Å². The predicted molar refractivity (Wildman–Crippen MR) is 72.0 cm³/mol. The molecule has 0 aromatic carbocycles. The molecular formula is C15H24N2. The van der Waals surface area contributed by atoms with Crippen molar-refractivity contribution in [3.63, 3.8) is 0 Å². The number of nitrogens with one attached hydrogen (secondary N) is 1. The number of pyridine rings is 1. The summed E-state index contributed by atoms with van der Waals surface area (Å²) in [6, 6.07) is 2.74. The lowest BCUT2D eigenvalue weighted by Gasteiger charge is -2.26. The van der Waals surface area contributed by atoms with Crippen LogP contribution in [0.2, 0.25) is 0 Å². The van der Waals surface area contributed by atoms with Gasteiger partial charge in [0.1, 0.15) is 0 Å². The maximum Gasteiger partial charge on any atom is 0.0335 e. The van der Waals surface area contributed by atoms with Gasteiger partial charge in [0.15, 0.2) is 0 Å².